The molecule has 8 nitrogen and oxygen atoms in total. The summed E-state index contributed by atoms with van der Waals surface area (Å²) < 4.78 is 59.8. The summed E-state index contributed by atoms with van der Waals surface area (Å²) in [6.45, 7) is 1.02. The van der Waals surface area contributed by atoms with Gasteiger partial charge in [0.1, 0.15) is 31.2 Å². The molecule has 0 bridgehead atoms. The maximum atomic E-state index is 13.0. The SMILES string of the molecule is CCS(=O)(=O)CC(O)COc1c(Cl)cc(S(=O)(=O)c2ccc(OC[C@@H](O)CCl)cc2)cc1Cl. The molecule has 0 saturated carbocycles. The first-order chi connectivity index (χ1) is 15.4. The Morgan fingerprint density at radius 1 is 0.879 bits per heavy atom. The highest BCUT2D eigenvalue weighted by Crippen LogP contribution is 2.37. The van der Waals surface area contributed by atoms with Crippen LogP contribution in [0.5, 0.6) is 11.5 Å². The molecule has 13 heteroatoms. The van der Waals surface area contributed by atoms with Crippen molar-refractivity contribution >= 4 is 54.5 Å². The van der Waals surface area contributed by atoms with E-state index < -0.39 is 44.2 Å². The van der Waals surface area contributed by atoms with Crippen LogP contribution in [0.15, 0.2) is 46.2 Å². The van der Waals surface area contributed by atoms with Crippen molar-refractivity contribution in [3.05, 3.63) is 46.4 Å². The van der Waals surface area contributed by atoms with Crippen LogP contribution in [0.3, 0.4) is 0 Å². The Morgan fingerprint density at radius 2 is 1.42 bits per heavy atom. The molecule has 2 rings (SSSR count). The third-order valence-electron chi connectivity index (χ3n) is 4.34. The van der Waals surface area contributed by atoms with E-state index in [1.165, 1.54) is 31.2 Å². The Bertz CT molecular complexity index is 1130. The fourth-order valence-electron chi connectivity index (χ4n) is 2.56. The molecule has 0 heterocycles. The van der Waals surface area contributed by atoms with Gasteiger partial charge in [-0.3, -0.25) is 0 Å². The molecule has 0 radical (unpaired) electrons. The first-order valence-electron chi connectivity index (χ1n) is 9.62. The molecular formula is C20H23Cl3O8S2. The minimum Gasteiger partial charge on any atom is -0.491 e. The number of aliphatic hydroxyl groups excluding tert-OH is 2. The molecule has 0 aliphatic carbocycles. The number of hydrogen-bond acceptors (Lipinski definition) is 8. The van der Waals surface area contributed by atoms with E-state index in [0.29, 0.717) is 5.75 Å². The van der Waals surface area contributed by atoms with Crippen molar-refractivity contribution in [2.24, 2.45) is 0 Å². The summed E-state index contributed by atoms with van der Waals surface area (Å²) in [5.74, 6) is -0.339. The Kier molecular flexibility index (Phi) is 10.1. The Morgan fingerprint density at radius 3 is 1.94 bits per heavy atom. The highest BCUT2D eigenvalue weighted by Gasteiger charge is 2.23. The number of halogens is 3. The minimum absolute atomic E-state index is 0.00446. The van der Waals surface area contributed by atoms with Crippen molar-refractivity contribution in [1.82, 2.24) is 0 Å². The van der Waals surface area contributed by atoms with Gasteiger partial charge in [-0.15, -0.1) is 11.6 Å². The molecule has 1 unspecified atom stereocenters. The van der Waals surface area contributed by atoms with Gasteiger partial charge in [0, 0.05) is 5.75 Å². The van der Waals surface area contributed by atoms with Crippen molar-refractivity contribution in [2.45, 2.75) is 28.9 Å². The molecule has 0 aliphatic rings. The van der Waals surface area contributed by atoms with Crippen LogP contribution < -0.4 is 9.47 Å². The lowest BCUT2D eigenvalue weighted by Crippen LogP contribution is -2.28. The molecule has 0 spiro atoms. The lowest BCUT2D eigenvalue weighted by molar-refractivity contribution is 0.125. The minimum atomic E-state index is -3.99. The van der Waals surface area contributed by atoms with Crippen LogP contribution in [0.1, 0.15) is 6.92 Å². The second-order valence-corrected chi connectivity index (χ2v) is 12.4. The average Bonchev–Trinajstić information content (AvgIpc) is 2.76. The molecule has 33 heavy (non-hydrogen) atoms. The average molecular weight is 562 g/mol. The van der Waals surface area contributed by atoms with Crippen LogP contribution in [-0.4, -0.2) is 69.9 Å². The van der Waals surface area contributed by atoms with E-state index >= 15 is 0 Å². The maximum Gasteiger partial charge on any atom is 0.206 e. The van der Waals surface area contributed by atoms with Gasteiger partial charge in [0.2, 0.25) is 9.84 Å². The Labute approximate surface area is 207 Å². The largest absolute Gasteiger partial charge is 0.491 e. The molecule has 2 atom stereocenters. The second kappa shape index (κ2) is 11.9. The number of benzene rings is 2. The smallest absolute Gasteiger partial charge is 0.206 e. The van der Waals surface area contributed by atoms with Crippen molar-refractivity contribution in [3.63, 3.8) is 0 Å². The van der Waals surface area contributed by atoms with Gasteiger partial charge in [-0.1, -0.05) is 30.1 Å². The lowest BCUT2D eigenvalue weighted by atomic mass is 10.3. The van der Waals surface area contributed by atoms with Crippen LogP contribution in [-0.2, 0) is 19.7 Å². The molecule has 0 amide bonds. The monoisotopic (exact) mass is 560 g/mol. The second-order valence-electron chi connectivity index (χ2n) is 6.97. The van der Waals surface area contributed by atoms with E-state index in [0.717, 1.165) is 12.1 Å². The molecule has 0 aliphatic heterocycles. The van der Waals surface area contributed by atoms with Gasteiger partial charge >= 0.3 is 0 Å². The Hall–Kier alpha value is -1.27. The summed E-state index contributed by atoms with van der Waals surface area (Å²) in [5, 5.41) is 19.1. The number of sulfone groups is 2. The van der Waals surface area contributed by atoms with E-state index in [-0.39, 0.29) is 43.8 Å². The van der Waals surface area contributed by atoms with Gasteiger partial charge in [-0.05, 0) is 36.4 Å². The van der Waals surface area contributed by atoms with E-state index in [2.05, 4.69) is 0 Å². The fourth-order valence-corrected chi connectivity index (χ4v) is 5.60. The van der Waals surface area contributed by atoms with Crippen LogP contribution in [0.2, 0.25) is 10.0 Å². The molecule has 0 saturated heterocycles. The van der Waals surface area contributed by atoms with Crippen molar-refractivity contribution < 1.29 is 36.5 Å². The quantitative estimate of drug-likeness (QED) is 0.379. The van der Waals surface area contributed by atoms with Gasteiger partial charge < -0.3 is 19.7 Å². The van der Waals surface area contributed by atoms with Gasteiger partial charge in [0.25, 0.3) is 0 Å². The van der Waals surface area contributed by atoms with Crippen LogP contribution in [0.4, 0.5) is 0 Å². The van der Waals surface area contributed by atoms with E-state index in [4.69, 9.17) is 44.3 Å². The number of ether oxygens (including phenoxy) is 2. The molecular weight excluding hydrogens is 539 g/mol. The topological polar surface area (TPSA) is 127 Å². The maximum absolute atomic E-state index is 13.0. The third-order valence-corrected chi connectivity index (χ3v) is 8.78. The van der Waals surface area contributed by atoms with Crippen molar-refractivity contribution in [2.75, 3.05) is 30.6 Å². The zero-order chi connectivity index (χ0) is 24.8. The summed E-state index contributed by atoms with van der Waals surface area (Å²) in [6.07, 6.45) is -2.16. The van der Waals surface area contributed by atoms with E-state index in [9.17, 15) is 27.0 Å². The molecule has 2 N–H and O–H groups in total. The fraction of sp³-hybridized carbons (Fsp3) is 0.400. The first-order valence-corrected chi connectivity index (χ1v) is 14.2. The first kappa shape index (κ1) is 28.0. The summed E-state index contributed by atoms with van der Waals surface area (Å²) in [5.41, 5.74) is 0. The Balaban J connectivity index is 2.17. The standard InChI is InChI=1S/C20H23Cl3O8S2/c1-2-32(26,27)12-14(25)11-31-20-18(22)7-17(8-19(20)23)33(28,29)16-5-3-15(4-6-16)30-10-13(24)9-21/h3-8,13-14,24-25H,2,9-12H2,1H3/t13-,14?/m0/s1. The van der Waals surface area contributed by atoms with Gasteiger partial charge in [-0.2, -0.15) is 0 Å². The van der Waals surface area contributed by atoms with Gasteiger partial charge in [0.15, 0.2) is 15.6 Å². The van der Waals surface area contributed by atoms with Crippen LogP contribution in [0, 0.1) is 0 Å². The highest BCUT2D eigenvalue weighted by molar-refractivity contribution is 7.91. The third kappa shape index (κ3) is 7.88. The predicted octanol–water partition coefficient (Wildman–Crippen LogP) is 2.98. The molecule has 2 aromatic rings. The van der Waals surface area contributed by atoms with E-state index in [1.54, 1.807) is 0 Å². The molecule has 0 aromatic heterocycles. The van der Waals surface area contributed by atoms with Gasteiger partial charge in [-0.25, -0.2) is 16.8 Å². The van der Waals surface area contributed by atoms with Gasteiger partial charge in [0.05, 0.1) is 31.5 Å². The lowest BCUT2D eigenvalue weighted by Gasteiger charge is -2.15. The zero-order valence-corrected chi connectivity index (χ0v) is 21.3. The number of hydrogen-bond donors (Lipinski definition) is 2. The van der Waals surface area contributed by atoms with Crippen molar-refractivity contribution in [1.29, 1.82) is 0 Å². The molecule has 184 valence electrons. The van der Waals surface area contributed by atoms with Crippen LogP contribution >= 0.6 is 34.8 Å². The van der Waals surface area contributed by atoms with E-state index in [1.807, 2.05) is 0 Å². The predicted molar refractivity (Wildman–Crippen MR) is 126 cm³/mol. The summed E-state index contributed by atoms with van der Waals surface area (Å²) in [6, 6.07) is 7.81. The van der Waals surface area contributed by atoms with Crippen LogP contribution in [0.25, 0.3) is 0 Å². The summed E-state index contributed by atoms with van der Waals surface area (Å²) in [7, 11) is -7.41. The van der Waals surface area contributed by atoms with Crippen molar-refractivity contribution in [3.8, 4) is 11.5 Å². The molecule has 2 aromatic carbocycles. The highest BCUT2D eigenvalue weighted by atomic mass is 35.5. The number of rotatable bonds is 12. The zero-order valence-electron chi connectivity index (χ0n) is 17.4. The summed E-state index contributed by atoms with van der Waals surface area (Å²) >= 11 is 17.8. The number of aliphatic hydroxyl groups is 2. The normalized spacial score (nSPS) is 14.0. The number of alkyl halides is 1. The molecule has 0 fully saturated rings. The summed E-state index contributed by atoms with van der Waals surface area (Å²) in [4.78, 5) is -0.237.